The van der Waals surface area contributed by atoms with Gasteiger partial charge in [-0.2, -0.15) is 5.26 Å². The summed E-state index contributed by atoms with van der Waals surface area (Å²) >= 11 is 0. The van der Waals surface area contributed by atoms with E-state index in [4.69, 9.17) is 19.5 Å². The third kappa shape index (κ3) is 5.61. The third-order valence-electron chi connectivity index (χ3n) is 3.76. The Morgan fingerprint density at radius 2 is 1.79 bits per heavy atom. The van der Waals surface area contributed by atoms with Crippen LogP contribution in [-0.4, -0.2) is 39.2 Å². The van der Waals surface area contributed by atoms with Crippen LogP contribution in [0.25, 0.3) is 6.08 Å². The highest BCUT2D eigenvalue weighted by atomic mass is 16.5. The summed E-state index contributed by atoms with van der Waals surface area (Å²) in [6, 6.07) is 15.8. The highest BCUT2D eigenvalue weighted by Crippen LogP contribution is 2.27. The van der Waals surface area contributed by atoms with E-state index in [1.54, 1.807) is 54.6 Å². The number of ether oxygens (including phenoxy) is 3. The van der Waals surface area contributed by atoms with Crippen LogP contribution in [0, 0.1) is 11.3 Å². The van der Waals surface area contributed by atoms with Crippen molar-refractivity contribution in [1.29, 1.82) is 5.26 Å². The molecule has 1 amide bonds. The maximum atomic E-state index is 12.3. The number of hydrogen-bond donors (Lipinski definition) is 0. The molecule has 0 radical (unpaired) electrons. The molecule has 2 aromatic rings. The molecule has 2 rings (SSSR count). The van der Waals surface area contributed by atoms with E-state index in [-0.39, 0.29) is 6.54 Å². The minimum absolute atomic E-state index is 0.137. The second-order valence-electron chi connectivity index (χ2n) is 5.53. The first kappa shape index (κ1) is 20.5. The fraction of sp³-hybridized carbons (Fsp3) is 0.190. The van der Waals surface area contributed by atoms with Crippen molar-refractivity contribution < 1.29 is 23.8 Å². The zero-order valence-electron chi connectivity index (χ0n) is 15.6. The number of amides is 1. The summed E-state index contributed by atoms with van der Waals surface area (Å²) in [6.45, 7) is -0.604. The second-order valence-corrected chi connectivity index (χ2v) is 5.53. The number of nitriles is 1. The lowest BCUT2D eigenvalue weighted by atomic mass is 10.2. The Labute approximate surface area is 163 Å². The fourth-order valence-electron chi connectivity index (χ4n) is 2.38. The Hall–Kier alpha value is -3.79. The summed E-state index contributed by atoms with van der Waals surface area (Å²) in [5.41, 5.74) is 1.27. The van der Waals surface area contributed by atoms with Crippen molar-refractivity contribution >= 4 is 23.6 Å². The normalized spacial score (nSPS) is 10.2. The van der Waals surface area contributed by atoms with E-state index < -0.39 is 18.5 Å². The second kappa shape index (κ2) is 10.4. The maximum Gasteiger partial charge on any atom is 0.331 e. The lowest BCUT2D eigenvalue weighted by molar-refractivity contribution is -0.142. The average molecular weight is 380 g/mol. The minimum Gasteiger partial charge on any atom is -0.493 e. The topological polar surface area (TPSA) is 88.9 Å². The molecule has 0 N–H and O–H groups in total. The third-order valence-corrected chi connectivity index (χ3v) is 3.76. The van der Waals surface area contributed by atoms with Gasteiger partial charge in [-0.05, 0) is 35.9 Å². The van der Waals surface area contributed by atoms with Gasteiger partial charge in [0.15, 0.2) is 18.1 Å². The SMILES string of the molecule is COc1ccc(/C=C/C(=O)OCC(=O)N(CC#N)c2ccccc2)cc1OC. The van der Waals surface area contributed by atoms with E-state index in [9.17, 15) is 9.59 Å². The molecule has 0 aliphatic carbocycles. The van der Waals surface area contributed by atoms with Gasteiger partial charge in [0.1, 0.15) is 6.54 Å². The zero-order valence-corrected chi connectivity index (χ0v) is 15.6. The predicted molar refractivity (Wildman–Crippen MR) is 104 cm³/mol. The summed E-state index contributed by atoms with van der Waals surface area (Å²) in [7, 11) is 3.05. The van der Waals surface area contributed by atoms with Crippen LogP contribution >= 0.6 is 0 Å². The van der Waals surface area contributed by atoms with Gasteiger partial charge >= 0.3 is 5.97 Å². The number of esters is 1. The van der Waals surface area contributed by atoms with Crippen LogP contribution in [0.4, 0.5) is 5.69 Å². The molecular weight excluding hydrogens is 360 g/mol. The van der Waals surface area contributed by atoms with Crippen LogP contribution in [0.5, 0.6) is 11.5 Å². The Kier molecular flexibility index (Phi) is 7.61. The van der Waals surface area contributed by atoms with Gasteiger partial charge in [-0.25, -0.2) is 4.79 Å². The van der Waals surface area contributed by atoms with Crippen molar-refractivity contribution in [2.75, 3.05) is 32.3 Å². The number of nitrogens with zero attached hydrogens (tertiary/aromatic N) is 2. The first-order valence-electron chi connectivity index (χ1n) is 8.38. The molecule has 28 heavy (non-hydrogen) atoms. The van der Waals surface area contributed by atoms with Crippen LogP contribution in [0.1, 0.15) is 5.56 Å². The number of methoxy groups -OCH3 is 2. The number of benzene rings is 2. The summed E-state index contributed by atoms with van der Waals surface area (Å²) in [5.74, 6) is -0.0526. The summed E-state index contributed by atoms with van der Waals surface area (Å²) in [4.78, 5) is 25.5. The molecule has 0 aliphatic heterocycles. The number of hydrogen-bond acceptors (Lipinski definition) is 6. The Morgan fingerprint density at radius 3 is 2.43 bits per heavy atom. The van der Waals surface area contributed by atoms with E-state index in [2.05, 4.69) is 0 Å². The molecule has 2 aromatic carbocycles. The highest BCUT2D eigenvalue weighted by Gasteiger charge is 2.16. The quantitative estimate of drug-likeness (QED) is 0.397. The largest absolute Gasteiger partial charge is 0.493 e. The van der Waals surface area contributed by atoms with Crippen LogP contribution < -0.4 is 14.4 Å². The van der Waals surface area contributed by atoms with Crippen LogP contribution in [0.3, 0.4) is 0 Å². The van der Waals surface area contributed by atoms with E-state index in [1.807, 2.05) is 6.07 Å². The maximum absolute atomic E-state index is 12.3. The fourth-order valence-corrected chi connectivity index (χ4v) is 2.38. The minimum atomic E-state index is -0.673. The van der Waals surface area contributed by atoms with Crippen molar-refractivity contribution in [1.82, 2.24) is 0 Å². The summed E-state index contributed by atoms with van der Waals surface area (Å²) in [6.07, 6.45) is 2.75. The standard InChI is InChI=1S/C21H20N2O5/c1-26-18-10-8-16(14-19(18)27-2)9-11-21(25)28-15-20(24)23(13-12-22)17-6-4-3-5-7-17/h3-11,14H,13,15H2,1-2H3/b11-9+. The molecule has 0 saturated carbocycles. The van der Waals surface area contributed by atoms with E-state index in [1.165, 1.54) is 25.2 Å². The van der Waals surface area contributed by atoms with Crippen LogP contribution in [-0.2, 0) is 14.3 Å². The van der Waals surface area contributed by atoms with E-state index >= 15 is 0 Å². The lowest BCUT2D eigenvalue weighted by Gasteiger charge is -2.19. The number of anilines is 1. The van der Waals surface area contributed by atoms with Crippen molar-refractivity contribution in [2.45, 2.75) is 0 Å². The highest BCUT2D eigenvalue weighted by molar-refractivity contribution is 5.96. The molecule has 0 saturated heterocycles. The number of rotatable bonds is 8. The lowest BCUT2D eigenvalue weighted by Crippen LogP contribution is -2.34. The molecule has 0 bridgehead atoms. The average Bonchev–Trinajstić information content (AvgIpc) is 2.74. The van der Waals surface area contributed by atoms with E-state index in [0.717, 1.165) is 0 Å². The van der Waals surface area contributed by atoms with Crippen molar-refractivity contribution in [3.63, 3.8) is 0 Å². The van der Waals surface area contributed by atoms with Gasteiger partial charge in [0.25, 0.3) is 5.91 Å². The first-order valence-corrected chi connectivity index (χ1v) is 8.38. The number of para-hydroxylation sites is 1. The molecular formula is C21H20N2O5. The predicted octanol–water partition coefficient (Wildman–Crippen LogP) is 2.82. The number of carbonyl (C=O) groups excluding carboxylic acids is 2. The first-order chi connectivity index (χ1) is 13.6. The van der Waals surface area contributed by atoms with E-state index in [0.29, 0.717) is 22.7 Å². The van der Waals surface area contributed by atoms with Gasteiger partial charge < -0.3 is 14.2 Å². The molecule has 7 nitrogen and oxygen atoms in total. The molecule has 0 unspecified atom stereocenters. The van der Waals surface area contributed by atoms with Gasteiger partial charge in [0.2, 0.25) is 0 Å². The molecule has 0 aliphatic rings. The zero-order chi connectivity index (χ0) is 20.4. The van der Waals surface area contributed by atoms with Gasteiger partial charge in [-0.1, -0.05) is 24.3 Å². The van der Waals surface area contributed by atoms with Gasteiger partial charge in [0, 0.05) is 11.8 Å². The Balaban J connectivity index is 1.96. The van der Waals surface area contributed by atoms with Gasteiger partial charge in [-0.3, -0.25) is 9.69 Å². The van der Waals surface area contributed by atoms with Crippen molar-refractivity contribution in [3.8, 4) is 17.6 Å². The molecule has 0 fully saturated rings. The Morgan fingerprint density at radius 1 is 1.07 bits per heavy atom. The molecule has 0 aromatic heterocycles. The van der Waals surface area contributed by atoms with Crippen molar-refractivity contribution in [3.05, 3.63) is 60.2 Å². The molecule has 0 spiro atoms. The Bertz CT molecular complexity index is 887. The smallest absolute Gasteiger partial charge is 0.331 e. The van der Waals surface area contributed by atoms with Crippen LogP contribution in [0.2, 0.25) is 0 Å². The molecule has 0 heterocycles. The monoisotopic (exact) mass is 380 g/mol. The molecule has 7 heteroatoms. The number of carbonyl (C=O) groups is 2. The summed E-state index contributed by atoms with van der Waals surface area (Å²) in [5, 5.41) is 8.93. The summed E-state index contributed by atoms with van der Waals surface area (Å²) < 4.78 is 15.4. The molecule has 0 atom stereocenters. The van der Waals surface area contributed by atoms with Gasteiger partial charge in [-0.15, -0.1) is 0 Å². The van der Waals surface area contributed by atoms with Gasteiger partial charge in [0.05, 0.1) is 20.3 Å². The molecule has 144 valence electrons. The van der Waals surface area contributed by atoms with Crippen LogP contribution in [0.15, 0.2) is 54.6 Å². The van der Waals surface area contributed by atoms with Crippen molar-refractivity contribution in [2.24, 2.45) is 0 Å².